The highest BCUT2D eigenvalue weighted by Gasteiger charge is 2.86. The number of hydrogen-bond donors (Lipinski definition) is 0. The third-order valence-electron chi connectivity index (χ3n) is 15.1. The second-order valence-electron chi connectivity index (χ2n) is 16.0. The zero-order chi connectivity index (χ0) is 41.2. The third kappa shape index (κ3) is 3.09. The van der Waals surface area contributed by atoms with Crippen LogP contribution in [0.25, 0.3) is 0 Å². The quantitative estimate of drug-likeness (QED) is 0.259. The summed E-state index contributed by atoms with van der Waals surface area (Å²) in [4.78, 5) is 0. The maximum Gasteiger partial charge on any atom is 0.182 e. The maximum atomic E-state index is 11.1. The largest absolute Gasteiger partial charge is 0.196 e. The highest BCUT2D eigenvalue weighted by atomic mass is 28.3. The molecule has 0 saturated heterocycles. The molecule has 1 radical (unpaired) electrons. The Morgan fingerprint density at radius 3 is 0.534 bits per heavy atom. The molecular formula is C45H21N12Si. The molecule has 3 fully saturated rings. The Bertz CT molecular complexity index is 2390. The first kappa shape index (κ1) is 35.5. The minimum atomic E-state index is -2.93. The van der Waals surface area contributed by atoms with Gasteiger partial charge in [-0.05, 0) is 50.0 Å². The molecule has 0 spiro atoms. The van der Waals surface area contributed by atoms with Crippen LogP contribution in [0.2, 0.25) is 16.6 Å². The number of hydrogen-bond acceptors (Lipinski definition) is 12. The molecule has 3 unspecified atom stereocenters. The number of fused-ring (bicyclic) bond motifs is 15. The predicted molar refractivity (Wildman–Crippen MR) is 195 cm³/mol. The Morgan fingerprint density at radius 1 is 0.276 bits per heavy atom. The van der Waals surface area contributed by atoms with Crippen molar-refractivity contribution in [3.8, 4) is 72.8 Å². The molecule has 13 heteroatoms. The molecule has 0 aromatic heterocycles. The first-order valence-corrected chi connectivity index (χ1v) is 20.0. The minimum absolute atomic E-state index is 0.534. The Morgan fingerprint density at radius 2 is 0.414 bits per heavy atom. The number of rotatable bonds is 3. The molecule has 3 aromatic rings. The van der Waals surface area contributed by atoms with E-state index < -0.39 is 93.4 Å². The van der Waals surface area contributed by atoms with Crippen LogP contribution < -0.4 is 0 Å². The molecule has 0 aliphatic heterocycles. The predicted octanol–water partition coefficient (Wildman–Crippen LogP) is 6.48. The van der Waals surface area contributed by atoms with E-state index in [4.69, 9.17) is 0 Å². The minimum Gasteiger partial charge on any atom is -0.196 e. The molecule has 9 atom stereocenters. The van der Waals surface area contributed by atoms with Crippen molar-refractivity contribution < 1.29 is 0 Å². The molecule has 0 heterocycles. The first-order valence-electron chi connectivity index (χ1n) is 18.2. The van der Waals surface area contributed by atoms with E-state index >= 15 is 0 Å². The van der Waals surface area contributed by atoms with Crippen LogP contribution in [0.3, 0.4) is 0 Å². The van der Waals surface area contributed by atoms with Gasteiger partial charge >= 0.3 is 0 Å². The molecular weight excluding hydrogens is 737 g/mol. The first-order chi connectivity index (χ1) is 28.2. The normalized spacial score (nSPS) is 31.7. The van der Waals surface area contributed by atoms with Crippen molar-refractivity contribution in [2.45, 2.75) is 52.1 Å². The maximum absolute atomic E-state index is 11.1. The highest BCUT2D eigenvalue weighted by molar-refractivity contribution is 6.66. The molecule has 0 N–H and O–H groups in total. The molecule has 9 rings (SSSR count). The van der Waals surface area contributed by atoms with E-state index in [2.05, 4.69) is 72.8 Å². The molecule has 6 bridgehead atoms. The van der Waals surface area contributed by atoms with Crippen LogP contribution in [0, 0.1) is 168 Å². The monoisotopic (exact) mass is 757 g/mol. The van der Waals surface area contributed by atoms with Gasteiger partial charge in [-0.15, -0.1) is 0 Å². The van der Waals surface area contributed by atoms with Crippen molar-refractivity contribution in [1.82, 2.24) is 0 Å². The van der Waals surface area contributed by atoms with E-state index in [1.807, 2.05) is 0 Å². The summed E-state index contributed by atoms with van der Waals surface area (Å²) in [5, 5.41) is 134. The van der Waals surface area contributed by atoms with E-state index in [0.717, 1.165) is 0 Å². The SMILES string of the molecule is N#CC1(C#N)[C@@H]2c3ccccc3[C@@H](C2[Si](C2[C@H]3c4ccccc4[C@@H]2C(C#N)(C#N)C3(C#N)C#N)C2[C@H]3c4ccccc4[C@@H]2C(C#N)(C#N)C3(C#N)C#N)C1(C#N)C#N. The van der Waals surface area contributed by atoms with E-state index in [-0.39, 0.29) is 0 Å². The zero-order valence-corrected chi connectivity index (χ0v) is 31.0. The van der Waals surface area contributed by atoms with Crippen LogP contribution >= 0.6 is 0 Å². The Hall–Kier alpha value is -8.24. The van der Waals surface area contributed by atoms with Gasteiger partial charge in [0.05, 0.1) is 81.6 Å². The lowest BCUT2D eigenvalue weighted by Crippen LogP contribution is -2.42. The van der Waals surface area contributed by atoms with Crippen molar-refractivity contribution in [3.05, 3.63) is 106 Å². The molecule has 6 aliphatic carbocycles. The van der Waals surface area contributed by atoms with E-state index in [1.54, 1.807) is 72.8 Å². The van der Waals surface area contributed by atoms with E-state index in [9.17, 15) is 63.1 Å². The zero-order valence-electron chi connectivity index (χ0n) is 30.0. The standard InChI is InChI=1S/C45H21N12Si/c46-13-40(14-47)31-25-7-1-2-8-26(25)32(41(40,15-48)16-49)37(31)58(38-33-27-9-3-4-10-28(27)34(38)43(19-52,20-53)42(33,17-50)18-51)39-35-29-11-5-6-12-30(29)36(39)45(23-56,24-57)44(35,21-54)22-55/h1-12,31-39H/t31-,32+,33-,34+,35-,36+,37?,38?,39?. The number of nitrogens with zero attached hydrogens (tertiary/aromatic N) is 12. The fourth-order valence-electron chi connectivity index (χ4n) is 13.3. The lowest BCUT2D eigenvalue weighted by Gasteiger charge is -2.41. The fraction of sp³-hybridized carbons (Fsp3) is 0.333. The lowest BCUT2D eigenvalue weighted by atomic mass is 9.57. The molecule has 265 valence electrons. The van der Waals surface area contributed by atoms with Gasteiger partial charge in [-0.1, -0.05) is 72.8 Å². The molecule has 3 saturated carbocycles. The van der Waals surface area contributed by atoms with Crippen LogP contribution in [0.15, 0.2) is 72.8 Å². The molecule has 0 amide bonds. The second kappa shape index (κ2) is 11.2. The van der Waals surface area contributed by atoms with Gasteiger partial charge in [0.1, 0.15) is 0 Å². The van der Waals surface area contributed by atoms with Crippen LogP contribution in [-0.2, 0) is 0 Å². The fourth-order valence-corrected chi connectivity index (χ4v) is 19.5. The summed E-state index contributed by atoms with van der Waals surface area (Å²) in [7, 11) is -2.93. The number of benzene rings is 3. The highest BCUT2D eigenvalue weighted by Crippen LogP contribution is 2.87. The van der Waals surface area contributed by atoms with Gasteiger partial charge in [-0.25, -0.2) is 0 Å². The molecule has 6 aliphatic rings. The van der Waals surface area contributed by atoms with E-state index in [0.29, 0.717) is 33.4 Å². The van der Waals surface area contributed by atoms with Gasteiger partial charge < -0.3 is 0 Å². The topological polar surface area (TPSA) is 285 Å². The van der Waals surface area contributed by atoms with Gasteiger partial charge in [0.25, 0.3) is 0 Å². The molecule has 58 heavy (non-hydrogen) atoms. The summed E-state index contributed by atoms with van der Waals surface area (Å²) in [6, 6.07) is 46.1. The van der Waals surface area contributed by atoms with Crippen molar-refractivity contribution in [1.29, 1.82) is 63.1 Å². The van der Waals surface area contributed by atoms with E-state index in [1.165, 1.54) is 0 Å². The van der Waals surface area contributed by atoms with Gasteiger partial charge in [-0.2, -0.15) is 63.1 Å². The Balaban J connectivity index is 1.47. The summed E-state index contributed by atoms with van der Waals surface area (Å²) in [5.41, 5.74) is -13.4. The van der Waals surface area contributed by atoms with Crippen LogP contribution in [-0.4, -0.2) is 8.80 Å². The van der Waals surface area contributed by atoms with Crippen LogP contribution in [0.1, 0.15) is 68.9 Å². The van der Waals surface area contributed by atoms with Gasteiger partial charge in [-0.3, -0.25) is 0 Å². The summed E-state index contributed by atoms with van der Waals surface area (Å²) >= 11 is 0. The smallest absolute Gasteiger partial charge is 0.182 e. The van der Waals surface area contributed by atoms with Crippen molar-refractivity contribution in [2.24, 2.45) is 32.5 Å². The Kier molecular flexibility index (Phi) is 6.83. The summed E-state index contributed by atoms with van der Waals surface area (Å²) in [5.74, 6) is -6.93. The van der Waals surface area contributed by atoms with Gasteiger partial charge in [0.2, 0.25) is 0 Å². The second-order valence-corrected chi connectivity index (χ2v) is 19.0. The van der Waals surface area contributed by atoms with Crippen LogP contribution in [0.4, 0.5) is 0 Å². The summed E-state index contributed by atoms with van der Waals surface area (Å²) in [6.07, 6.45) is 0. The molecule has 12 nitrogen and oxygen atoms in total. The number of nitriles is 12. The van der Waals surface area contributed by atoms with Crippen molar-refractivity contribution >= 4 is 8.80 Å². The molecule has 3 aromatic carbocycles. The van der Waals surface area contributed by atoms with Crippen LogP contribution in [0.5, 0.6) is 0 Å². The van der Waals surface area contributed by atoms with Crippen molar-refractivity contribution in [2.75, 3.05) is 0 Å². The van der Waals surface area contributed by atoms with Crippen molar-refractivity contribution in [3.63, 3.8) is 0 Å². The average molecular weight is 758 g/mol. The van der Waals surface area contributed by atoms with Gasteiger partial charge in [0.15, 0.2) is 32.5 Å². The third-order valence-corrected chi connectivity index (χ3v) is 19.4. The Labute approximate surface area is 334 Å². The van der Waals surface area contributed by atoms with Gasteiger partial charge in [0, 0.05) is 35.5 Å². The summed E-state index contributed by atoms with van der Waals surface area (Å²) in [6.45, 7) is 0. The lowest BCUT2D eigenvalue weighted by molar-refractivity contribution is 0.293. The summed E-state index contributed by atoms with van der Waals surface area (Å²) < 4.78 is 0. The average Bonchev–Trinajstić information content (AvgIpc) is 4.08.